The van der Waals surface area contributed by atoms with Crippen LogP contribution in [-0.4, -0.2) is 37.1 Å². The lowest BCUT2D eigenvalue weighted by Gasteiger charge is -2.34. The van der Waals surface area contributed by atoms with Crippen LogP contribution >= 0.6 is 0 Å². The first-order valence-corrected chi connectivity index (χ1v) is 7.75. The SMILES string of the molecule is CCN1CCC(NCC2CCCCC2C)CC1. The molecule has 100 valence electrons. The second-order valence-electron chi connectivity index (χ2n) is 6.14. The Morgan fingerprint density at radius 2 is 1.76 bits per heavy atom. The predicted octanol–water partition coefficient (Wildman–Crippen LogP) is 2.89. The van der Waals surface area contributed by atoms with Crippen molar-refractivity contribution in [3.05, 3.63) is 0 Å². The van der Waals surface area contributed by atoms with E-state index in [1.807, 2.05) is 0 Å². The molecule has 2 fully saturated rings. The van der Waals surface area contributed by atoms with Crippen LogP contribution in [0.5, 0.6) is 0 Å². The Balaban J connectivity index is 1.65. The normalized spacial score (nSPS) is 32.8. The zero-order chi connectivity index (χ0) is 12.1. The highest BCUT2D eigenvalue weighted by molar-refractivity contribution is 4.80. The maximum Gasteiger partial charge on any atom is 0.00915 e. The molecule has 0 aromatic carbocycles. The molecule has 2 heteroatoms. The molecule has 0 aromatic rings. The van der Waals surface area contributed by atoms with Gasteiger partial charge in [0.2, 0.25) is 0 Å². The Bertz CT molecular complexity index is 209. The van der Waals surface area contributed by atoms with Crippen molar-refractivity contribution < 1.29 is 0 Å². The molecule has 1 saturated heterocycles. The Kier molecular flexibility index (Phi) is 5.30. The molecular weight excluding hydrogens is 208 g/mol. The lowest BCUT2D eigenvalue weighted by Crippen LogP contribution is -2.44. The molecule has 0 radical (unpaired) electrons. The van der Waals surface area contributed by atoms with Crippen LogP contribution in [0.1, 0.15) is 52.4 Å². The van der Waals surface area contributed by atoms with Crippen molar-refractivity contribution in [3.8, 4) is 0 Å². The number of piperidine rings is 1. The molecule has 1 heterocycles. The van der Waals surface area contributed by atoms with Gasteiger partial charge in [0.05, 0.1) is 0 Å². The molecule has 1 aliphatic carbocycles. The van der Waals surface area contributed by atoms with Gasteiger partial charge in [-0.25, -0.2) is 0 Å². The monoisotopic (exact) mass is 238 g/mol. The number of likely N-dealkylation sites (tertiary alicyclic amines) is 1. The average molecular weight is 238 g/mol. The van der Waals surface area contributed by atoms with Crippen LogP contribution in [0.4, 0.5) is 0 Å². The first-order valence-electron chi connectivity index (χ1n) is 7.75. The smallest absolute Gasteiger partial charge is 0.00915 e. The molecule has 1 saturated carbocycles. The van der Waals surface area contributed by atoms with Crippen molar-refractivity contribution in [1.29, 1.82) is 0 Å². The zero-order valence-electron chi connectivity index (χ0n) is 11.8. The minimum atomic E-state index is 0.798. The van der Waals surface area contributed by atoms with Crippen molar-refractivity contribution >= 4 is 0 Å². The molecular formula is C15H30N2. The summed E-state index contributed by atoms with van der Waals surface area (Å²) < 4.78 is 0. The lowest BCUT2D eigenvalue weighted by molar-refractivity contribution is 0.187. The van der Waals surface area contributed by atoms with E-state index in [-0.39, 0.29) is 0 Å². The maximum atomic E-state index is 3.84. The summed E-state index contributed by atoms with van der Waals surface area (Å²) in [4.78, 5) is 2.57. The van der Waals surface area contributed by atoms with Crippen LogP contribution in [-0.2, 0) is 0 Å². The van der Waals surface area contributed by atoms with E-state index < -0.39 is 0 Å². The van der Waals surface area contributed by atoms with Crippen molar-refractivity contribution in [2.45, 2.75) is 58.4 Å². The lowest BCUT2D eigenvalue weighted by atomic mass is 9.80. The van der Waals surface area contributed by atoms with Gasteiger partial charge in [0.15, 0.2) is 0 Å². The van der Waals surface area contributed by atoms with Crippen molar-refractivity contribution in [3.63, 3.8) is 0 Å². The molecule has 1 N–H and O–H groups in total. The number of nitrogens with one attached hydrogen (secondary N) is 1. The largest absolute Gasteiger partial charge is 0.314 e. The van der Waals surface area contributed by atoms with E-state index in [0.717, 1.165) is 17.9 Å². The summed E-state index contributed by atoms with van der Waals surface area (Å²) in [5, 5.41) is 3.84. The first-order chi connectivity index (χ1) is 8.29. The Morgan fingerprint density at radius 1 is 1.06 bits per heavy atom. The number of hydrogen-bond acceptors (Lipinski definition) is 2. The number of nitrogens with zero attached hydrogens (tertiary/aromatic N) is 1. The molecule has 1 aliphatic heterocycles. The third-order valence-electron chi connectivity index (χ3n) is 4.99. The Labute approximate surface area is 107 Å². The van der Waals surface area contributed by atoms with Gasteiger partial charge in [0.25, 0.3) is 0 Å². The standard InChI is InChI=1S/C15H30N2/c1-3-17-10-8-15(9-11-17)16-12-14-7-5-4-6-13(14)2/h13-16H,3-12H2,1-2H3. The van der Waals surface area contributed by atoms with Crippen LogP contribution < -0.4 is 5.32 Å². The fourth-order valence-corrected chi connectivity index (χ4v) is 3.47. The van der Waals surface area contributed by atoms with Crippen LogP contribution in [0.15, 0.2) is 0 Å². The molecule has 0 aromatic heterocycles. The van der Waals surface area contributed by atoms with Crippen molar-refractivity contribution in [2.24, 2.45) is 11.8 Å². The summed E-state index contributed by atoms with van der Waals surface area (Å²) in [6.07, 6.45) is 8.56. The Morgan fingerprint density at radius 3 is 2.41 bits per heavy atom. The zero-order valence-corrected chi connectivity index (χ0v) is 11.8. The molecule has 2 unspecified atom stereocenters. The van der Waals surface area contributed by atoms with Crippen LogP contribution in [0, 0.1) is 11.8 Å². The van der Waals surface area contributed by atoms with E-state index in [2.05, 4.69) is 24.1 Å². The highest BCUT2D eigenvalue weighted by Crippen LogP contribution is 2.29. The molecule has 0 spiro atoms. The molecule has 2 rings (SSSR count). The maximum absolute atomic E-state index is 3.84. The molecule has 0 amide bonds. The second-order valence-corrected chi connectivity index (χ2v) is 6.14. The quantitative estimate of drug-likeness (QED) is 0.810. The van der Waals surface area contributed by atoms with E-state index in [1.54, 1.807) is 0 Å². The van der Waals surface area contributed by atoms with E-state index in [0.29, 0.717) is 0 Å². The summed E-state index contributed by atoms with van der Waals surface area (Å²) >= 11 is 0. The van der Waals surface area contributed by atoms with E-state index >= 15 is 0 Å². The van der Waals surface area contributed by atoms with E-state index in [9.17, 15) is 0 Å². The van der Waals surface area contributed by atoms with Gasteiger partial charge in [-0.05, 0) is 57.3 Å². The summed E-state index contributed by atoms with van der Waals surface area (Å²) in [5.74, 6) is 1.90. The van der Waals surface area contributed by atoms with Crippen LogP contribution in [0.2, 0.25) is 0 Å². The number of rotatable bonds is 4. The van der Waals surface area contributed by atoms with Gasteiger partial charge in [0, 0.05) is 6.04 Å². The summed E-state index contributed by atoms with van der Waals surface area (Å²) in [7, 11) is 0. The second kappa shape index (κ2) is 6.75. The summed E-state index contributed by atoms with van der Waals surface area (Å²) in [6.45, 7) is 9.83. The van der Waals surface area contributed by atoms with Crippen LogP contribution in [0.25, 0.3) is 0 Å². The van der Waals surface area contributed by atoms with Gasteiger partial charge in [-0.1, -0.05) is 33.1 Å². The first kappa shape index (κ1) is 13.4. The minimum Gasteiger partial charge on any atom is -0.314 e. The predicted molar refractivity (Wildman–Crippen MR) is 74.3 cm³/mol. The molecule has 17 heavy (non-hydrogen) atoms. The van der Waals surface area contributed by atoms with Gasteiger partial charge in [-0.2, -0.15) is 0 Å². The van der Waals surface area contributed by atoms with E-state index in [4.69, 9.17) is 0 Å². The molecule has 2 aliphatic rings. The van der Waals surface area contributed by atoms with Crippen LogP contribution in [0.3, 0.4) is 0 Å². The van der Waals surface area contributed by atoms with Gasteiger partial charge in [-0.15, -0.1) is 0 Å². The number of hydrogen-bond donors (Lipinski definition) is 1. The van der Waals surface area contributed by atoms with Crippen molar-refractivity contribution in [1.82, 2.24) is 10.2 Å². The Hall–Kier alpha value is -0.0800. The van der Waals surface area contributed by atoms with Gasteiger partial charge < -0.3 is 10.2 Å². The third kappa shape index (κ3) is 3.96. The summed E-state index contributed by atoms with van der Waals surface area (Å²) in [6, 6.07) is 0.798. The van der Waals surface area contributed by atoms with Gasteiger partial charge in [-0.3, -0.25) is 0 Å². The van der Waals surface area contributed by atoms with Gasteiger partial charge >= 0.3 is 0 Å². The molecule has 2 nitrogen and oxygen atoms in total. The fraction of sp³-hybridized carbons (Fsp3) is 1.00. The summed E-state index contributed by atoms with van der Waals surface area (Å²) in [5.41, 5.74) is 0. The van der Waals surface area contributed by atoms with Crippen molar-refractivity contribution in [2.75, 3.05) is 26.2 Å². The highest BCUT2D eigenvalue weighted by Gasteiger charge is 2.23. The van der Waals surface area contributed by atoms with E-state index in [1.165, 1.54) is 64.7 Å². The highest BCUT2D eigenvalue weighted by atomic mass is 15.1. The average Bonchev–Trinajstić information content (AvgIpc) is 2.38. The molecule has 0 bridgehead atoms. The van der Waals surface area contributed by atoms with Gasteiger partial charge in [0.1, 0.15) is 0 Å². The topological polar surface area (TPSA) is 15.3 Å². The molecule has 2 atom stereocenters. The minimum absolute atomic E-state index is 0.798. The fourth-order valence-electron chi connectivity index (χ4n) is 3.47. The third-order valence-corrected chi connectivity index (χ3v) is 4.99.